The topological polar surface area (TPSA) is 50.2 Å². The van der Waals surface area contributed by atoms with Gasteiger partial charge in [0.1, 0.15) is 0 Å². The van der Waals surface area contributed by atoms with Gasteiger partial charge in [0, 0.05) is 6.42 Å². The van der Waals surface area contributed by atoms with Gasteiger partial charge in [-0.05, 0) is 5.92 Å². The minimum absolute atomic E-state index is 0.105. The fraction of sp³-hybridized carbons (Fsp3) is 0.500. The number of thiazole rings is 1. The van der Waals surface area contributed by atoms with Crippen molar-refractivity contribution in [2.75, 3.05) is 0 Å². The molecule has 0 atom stereocenters. The molecule has 0 aromatic carbocycles. The average molecular weight is 220 g/mol. The molecular formula is C8H10ClNO2S. The number of halogens is 1. The second-order valence-corrected chi connectivity index (χ2v) is 4.57. The standard InChI is InChI=1S/C8H10ClNO2S/c1-4(2)3-5-10-7(9)6(13-5)8(11)12/h4H,3H2,1-2H3,(H,11,12). The highest BCUT2D eigenvalue weighted by atomic mass is 35.5. The first-order valence-electron chi connectivity index (χ1n) is 3.89. The van der Waals surface area contributed by atoms with E-state index in [9.17, 15) is 4.79 Å². The molecule has 1 aromatic heterocycles. The Hall–Kier alpha value is -0.610. The van der Waals surface area contributed by atoms with Crippen LogP contribution in [0.25, 0.3) is 0 Å². The Labute approximate surface area is 85.4 Å². The largest absolute Gasteiger partial charge is 0.477 e. The van der Waals surface area contributed by atoms with Crippen LogP contribution >= 0.6 is 22.9 Å². The van der Waals surface area contributed by atoms with E-state index in [0.717, 1.165) is 22.8 Å². The average Bonchev–Trinajstić information content (AvgIpc) is 2.29. The lowest BCUT2D eigenvalue weighted by Gasteiger charge is -1.97. The Morgan fingerprint density at radius 1 is 1.69 bits per heavy atom. The number of hydrogen-bond acceptors (Lipinski definition) is 3. The molecule has 0 aliphatic heterocycles. The number of aromatic nitrogens is 1. The van der Waals surface area contributed by atoms with Crippen molar-refractivity contribution in [3.63, 3.8) is 0 Å². The first-order chi connectivity index (χ1) is 6.00. The lowest BCUT2D eigenvalue weighted by atomic mass is 10.1. The Bertz CT molecular complexity index is 322. The molecule has 1 N–H and O–H groups in total. The maximum atomic E-state index is 10.6. The molecule has 1 heterocycles. The van der Waals surface area contributed by atoms with Crippen LogP contribution in [0.3, 0.4) is 0 Å². The van der Waals surface area contributed by atoms with Crippen molar-refractivity contribution in [1.29, 1.82) is 0 Å². The molecule has 0 bridgehead atoms. The Morgan fingerprint density at radius 3 is 2.69 bits per heavy atom. The molecular weight excluding hydrogens is 210 g/mol. The fourth-order valence-electron chi connectivity index (χ4n) is 0.911. The predicted molar refractivity (Wildman–Crippen MR) is 52.6 cm³/mol. The summed E-state index contributed by atoms with van der Waals surface area (Å²) in [5.74, 6) is -0.540. The van der Waals surface area contributed by atoms with E-state index in [-0.39, 0.29) is 10.0 Å². The van der Waals surface area contributed by atoms with Crippen molar-refractivity contribution in [2.45, 2.75) is 20.3 Å². The van der Waals surface area contributed by atoms with Crippen LogP contribution in [0.1, 0.15) is 28.5 Å². The number of nitrogens with zero attached hydrogens (tertiary/aromatic N) is 1. The van der Waals surface area contributed by atoms with E-state index in [2.05, 4.69) is 18.8 Å². The highest BCUT2D eigenvalue weighted by Crippen LogP contribution is 2.24. The third-order valence-corrected chi connectivity index (χ3v) is 2.86. The van der Waals surface area contributed by atoms with Gasteiger partial charge in [-0.3, -0.25) is 0 Å². The third-order valence-electron chi connectivity index (χ3n) is 1.41. The van der Waals surface area contributed by atoms with Crippen LogP contribution in [-0.2, 0) is 6.42 Å². The van der Waals surface area contributed by atoms with Gasteiger partial charge in [0.05, 0.1) is 5.01 Å². The van der Waals surface area contributed by atoms with Crippen LogP contribution in [-0.4, -0.2) is 16.1 Å². The van der Waals surface area contributed by atoms with E-state index in [0.29, 0.717) is 5.92 Å². The van der Waals surface area contributed by atoms with Crippen molar-refractivity contribution < 1.29 is 9.90 Å². The lowest BCUT2D eigenvalue weighted by molar-refractivity contribution is 0.0702. The van der Waals surface area contributed by atoms with Gasteiger partial charge in [0.25, 0.3) is 0 Å². The van der Waals surface area contributed by atoms with Crippen molar-refractivity contribution >= 4 is 28.9 Å². The normalized spacial score (nSPS) is 10.8. The zero-order valence-corrected chi connectivity index (χ0v) is 8.95. The van der Waals surface area contributed by atoms with Crippen molar-refractivity contribution in [2.24, 2.45) is 5.92 Å². The summed E-state index contributed by atoms with van der Waals surface area (Å²) in [4.78, 5) is 14.7. The van der Waals surface area contributed by atoms with Crippen LogP contribution in [0.15, 0.2) is 0 Å². The third kappa shape index (κ3) is 2.67. The van der Waals surface area contributed by atoms with E-state index in [4.69, 9.17) is 16.7 Å². The van der Waals surface area contributed by atoms with Gasteiger partial charge in [0.15, 0.2) is 10.0 Å². The molecule has 72 valence electrons. The van der Waals surface area contributed by atoms with Gasteiger partial charge in [-0.2, -0.15) is 0 Å². The maximum Gasteiger partial charge on any atom is 0.349 e. The summed E-state index contributed by atoms with van der Waals surface area (Å²) in [6, 6.07) is 0. The zero-order valence-electron chi connectivity index (χ0n) is 7.37. The SMILES string of the molecule is CC(C)Cc1nc(Cl)c(C(=O)O)s1. The number of carbonyl (C=O) groups is 1. The van der Waals surface area contributed by atoms with Gasteiger partial charge in [0.2, 0.25) is 0 Å². The zero-order chi connectivity index (χ0) is 10.0. The van der Waals surface area contributed by atoms with E-state index in [1.54, 1.807) is 0 Å². The van der Waals surface area contributed by atoms with Gasteiger partial charge >= 0.3 is 5.97 Å². The molecule has 0 aliphatic carbocycles. The fourth-order valence-corrected chi connectivity index (χ4v) is 2.27. The molecule has 0 unspecified atom stereocenters. The summed E-state index contributed by atoms with van der Waals surface area (Å²) in [5, 5.41) is 9.59. The van der Waals surface area contributed by atoms with Crippen molar-refractivity contribution in [3.8, 4) is 0 Å². The molecule has 0 amide bonds. The van der Waals surface area contributed by atoms with E-state index in [1.165, 1.54) is 0 Å². The van der Waals surface area contributed by atoms with Crippen LogP contribution < -0.4 is 0 Å². The molecule has 1 aromatic rings. The molecule has 0 spiro atoms. The number of rotatable bonds is 3. The van der Waals surface area contributed by atoms with E-state index < -0.39 is 5.97 Å². The minimum Gasteiger partial charge on any atom is -0.477 e. The summed E-state index contributed by atoms with van der Waals surface area (Å²) in [5.41, 5.74) is 0. The second kappa shape index (κ2) is 4.07. The van der Waals surface area contributed by atoms with E-state index in [1.807, 2.05) is 0 Å². The summed E-state index contributed by atoms with van der Waals surface area (Å²) in [7, 11) is 0. The van der Waals surface area contributed by atoms with Gasteiger partial charge in [-0.15, -0.1) is 11.3 Å². The van der Waals surface area contributed by atoms with Crippen LogP contribution in [0.4, 0.5) is 0 Å². The summed E-state index contributed by atoms with van der Waals surface area (Å²) >= 11 is 6.80. The molecule has 0 saturated heterocycles. The second-order valence-electron chi connectivity index (χ2n) is 3.13. The number of carboxylic acid groups (broad SMARTS) is 1. The van der Waals surface area contributed by atoms with Crippen molar-refractivity contribution in [3.05, 3.63) is 15.0 Å². The number of carboxylic acids is 1. The highest BCUT2D eigenvalue weighted by Gasteiger charge is 2.15. The Morgan fingerprint density at radius 2 is 2.31 bits per heavy atom. The highest BCUT2D eigenvalue weighted by molar-refractivity contribution is 7.14. The van der Waals surface area contributed by atoms with Crippen molar-refractivity contribution in [1.82, 2.24) is 4.98 Å². The quantitative estimate of drug-likeness (QED) is 0.851. The lowest BCUT2D eigenvalue weighted by Crippen LogP contribution is -1.92. The molecule has 0 fully saturated rings. The number of hydrogen-bond donors (Lipinski definition) is 1. The summed E-state index contributed by atoms with van der Waals surface area (Å²) in [6.45, 7) is 4.10. The molecule has 0 aliphatic rings. The summed E-state index contributed by atoms with van der Waals surface area (Å²) in [6.07, 6.45) is 0.775. The van der Waals surface area contributed by atoms with Crippen LogP contribution in [0.2, 0.25) is 5.15 Å². The van der Waals surface area contributed by atoms with E-state index >= 15 is 0 Å². The molecule has 13 heavy (non-hydrogen) atoms. The smallest absolute Gasteiger partial charge is 0.349 e. The molecule has 3 nitrogen and oxygen atoms in total. The molecule has 0 saturated carbocycles. The maximum absolute atomic E-state index is 10.6. The van der Waals surface area contributed by atoms with Crippen LogP contribution in [0, 0.1) is 5.92 Å². The molecule has 1 rings (SSSR count). The van der Waals surface area contributed by atoms with Crippen LogP contribution in [0.5, 0.6) is 0 Å². The van der Waals surface area contributed by atoms with Gasteiger partial charge in [-0.1, -0.05) is 25.4 Å². The molecule has 0 radical (unpaired) electrons. The minimum atomic E-state index is -1.00. The first kappa shape index (κ1) is 10.5. The Kier molecular flexibility index (Phi) is 3.27. The van der Waals surface area contributed by atoms with Gasteiger partial charge < -0.3 is 5.11 Å². The predicted octanol–water partition coefficient (Wildman–Crippen LogP) is 2.69. The first-order valence-corrected chi connectivity index (χ1v) is 5.08. The molecule has 5 heteroatoms. The summed E-state index contributed by atoms with van der Waals surface area (Å²) < 4.78 is 0. The number of aromatic carboxylic acids is 1. The Balaban J connectivity index is 2.89. The monoisotopic (exact) mass is 219 g/mol. The van der Waals surface area contributed by atoms with Gasteiger partial charge in [-0.25, -0.2) is 9.78 Å².